The van der Waals surface area contributed by atoms with Crippen LogP contribution in [0.5, 0.6) is 11.5 Å². The number of ether oxygens (including phenoxy) is 3. The number of benzene rings is 1. The summed E-state index contributed by atoms with van der Waals surface area (Å²) >= 11 is 0. The lowest BCUT2D eigenvalue weighted by Gasteiger charge is -2.11. The molecule has 1 amide bonds. The minimum atomic E-state index is -0.426. The molecule has 1 aromatic carbocycles. The highest BCUT2D eigenvalue weighted by Gasteiger charge is 2.05. The van der Waals surface area contributed by atoms with Crippen molar-refractivity contribution in [3.8, 4) is 11.5 Å². The molecule has 0 fully saturated rings. The molecule has 6 nitrogen and oxygen atoms in total. The van der Waals surface area contributed by atoms with Crippen molar-refractivity contribution < 1.29 is 23.8 Å². The van der Waals surface area contributed by atoms with Crippen LogP contribution in [-0.2, 0) is 14.3 Å². The SMILES string of the molecule is COC(=O)/C=C/c1ccc(OCCNC(C)=O)c(OC)c1. The van der Waals surface area contributed by atoms with Gasteiger partial charge >= 0.3 is 5.97 Å². The van der Waals surface area contributed by atoms with Crippen molar-refractivity contribution >= 4 is 18.0 Å². The summed E-state index contributed by atoms with van der Waals surface area (Å²) in [5.41, 5.74) is 0.784. The van der Waals surface area contributed by atoms with Crippen LogP contribution in [0.1, 0.15) is 12.5 Å². The number of carbonyl (C=O) groups is 2. The van der Waals surface area contributed by atoms with Crippen molar-refractivity contribution in [2.45, 2.75) is 6.92 Å². The molecule has 0 aliphatic heterocycles. The van der Waals surface area contributed by atoms with E-state index >= 15 is 0 Å². The number of nitrogens with one attached hydrogen (secondary N) is 1. The molecule has 0 aliphatic carbocycles. The average molecular weight is 293 g/mol. The van der Waals surface area contributed by atoms with Crippen LogP contribution in [0.15, 0.2) is 24.3 Å². The fraction of sp³-hybridized carbons (Fsp3) is 0.333. The van der Waals surface area contributed by atoms with Crippen molar-refractivity contribution in [3.05, 3.63) is 29.8 Å². The smallest absolute Gasteiger partial charge is 0.330 e. The second kappa shape index (κ2) is 8.63. The molecule has 0 aromatic heterocycles. The topological polar surface area (TPSA) is 73.9 Å². The zero-order chi connectivity index (χ0) is 15.7. The number of amides is 1. The predicted molar refractivity (Wildman–Crippen MR) is 78.2 cm³/mol. The summed E-state index contributed by atoms with van der Waals surface area (Å²) in [5, 5.41) is 2.64. The fourth-order valence-corrected chi connectivity index (χ4v) is 1.53. The van der Waals surface area contributed by atoms with E-state index in [1.54, 1.807) is 24.3 Å². The lowest BCUT2D eigenvalue weighted by Crippen LogP contribution is -2.25. The van der Waals surface area contributed by atoms with E-state index in [1.807, 2.05) is 0 Å². The van der Waals surface area contributed by atoms with E-state index in [4.69, 9.17) is 9.47 Å². The predicted octanol–water partition coefficient (Wildman–Crippen LogP) is 1.40. The molecule has 0 spiro atoms. The maximum Gasteiger partial charge on any atom is 0.330 e. The lowest BCUT2D eigenvalue weighted by atomic mass is 10.2. The molecule has 0 saturated carbocycles. The van der Waals surface area contributed by atoms with E-state index in [0.29, 0.717) is 24.7 Å². The van der Waals surface area contributed by atoms with Gasteiger partial charge in [0.15, 0.2) is 11.5 Å². The van der Waals surface area contributed by atoms with E-state index < -0.39 is 5.97 Å². The van der Waals surface area contributed by atoms with Gasteiger partial charge in [0.1, 0.15) is 6.61 Å². The Bertz CT molecular complexity index is 525. The molecule has 1 aromatic rings. The minimum absolute atomic E-state index is 0.103. The highest BCUT2D eigenvalue weighted by atomic mass is 16.5. The van der Waals surface area contributed by atoms with Gasteiger partial charge in [0.25, 0.3) is 0 Å². The summed E-state index contributed by atoms with van der Waals surface area (Å²) in [6.07, 6.45) is 2.95. The number of esters is 1. The number of carbonyl (C=O) groups excluding carboxylic acids is 2. The van der Waals surface area contributed by atoms with Crippen molar-refractivity contribution in [3.63, 3.8) is 0 Å². The first-order valence-electron chi connectivity index (χ1n) is 6.38. The van der Waals surface area contributed by atoms with Crippen molar-refractivity contribution in [1.82, 2.24) is 5.32 Å². The molecule has 0 aliphatic rings. The summed E-state index contributed by atoms with van der Waals surface area (Å²) in [7, 11) is 2.85. The number of hydrogen-bond donors (Lipinski definition) is 1. The van der Waals surface area contributed by atoms with Crippen LogP contribution in [0, 0.1) is 0 Å². The second-order valence-electron chi connectivity index (χ2n) is 4.10. The molecule has 1 rings (SSSR count). The van der Waals surface area contributed by atoms with Gasteiger partial charge in [0, 0.05) is 13.0 Å². The zero-order valence-electron chi connectivity index (χ0n) is 12.3. The molecular formula is C15H19NO5. The van der Waals surface area contributed by atoms with Crippen LogP contribution in [0.25, 0.3) is 6.08 Å². The van der Waals surface area contributed by atoms with Crippen LogP contribution in [-0.4, -0.2) is 39.2 Å². The highest BCUT2D eigenvalue weighted by molar-refractivity contribution is 5.87. The van der Waals surface area contributed by atoms with Gasteiger partial charge in [-0.25, -0.2) is 4.79 Å². The van der Waals surface area contributed by atoms with Gasteiger partial charge in [0.05, 0.1) is 20.8 Å². The van der Waals surface area contributed by atoms with Gasteiger partial charge in [-0.15, -0.1) is 0 Å². The summed E-state index contributed by atoms with van der Waals surface area (Å²) in [5.74, 6) is 0.585. The molecular weight excluding hydrogens is 274 g/mol. The minimum Gasteiger partial charge on any atom is -0.493 e. The molecule has 1 N–H and O–H groups in total. The van der Waals surface area contributed by atoms with Crippen LogP contribution < -0.4 is 14.8 Å². The molecule has 21 heavy (non-hydrogen) atoms. The Morgan fingerprint density at radius 3 is 2.62 bits per heavy atom. The van der Waals surface area contributed by atoms with E-state index in [1.165, 1.54) is 27.2 Å². The molecule has 6 heteroatoms. The van der Waals surface area contributed by atoms with Crippen LogP contribution in [0.3, 0.4) is 0 Å². The number of hydrogen-bond acceptors (Lipinski definition) is 5. The van der Waals surface area contributed by atoms with Gasteiger partial charge in [-0.2, -0.15) is 0 Å². The molecule has 0 radical (unpaired) electrons. The molecule has 0 saturated heterocycles. The van der Waals surface area contributed by atoms with Gasteiger partial charge in [0.2, 0.25) is 5.91 Å². The average Bonchev–Trinajstić information content (AvgIpc) is 2.49. The largest absolute Gasteiger partial charge is 0.493 e. The Morgan fingerprint density at radius 2 is 2.00 bits per heavy atom. The Balaban J connectivity index is 2.68. The Hall–Kier alpha value is -2.50. The molecule has 0 heterocycles. The highest BCUT2D eigenvalue weighted by Crippen LogP contribution is 2.28. The van der Waals surface area contributed by atoms with E-state index in [0.717, 1.165) is 5.56 Å². The maximum absolute atomic E-state index is 11.0. The third-order valence-corrected chi connectivity index (χ3v) is 2.53. The summed E-state index contributed by atoms with van der Waals surface area (Å²) in [6.45, 7) is 2.21. The van der Waals surface area contributed by atoms with E-state index in [2.05, 4.69) is 10.1 Å². The van der Waals surface area contributed by atoms with Gasteiger partial charge in [-0.3, -0.25) is 4.79 Å². The Morgan fingerprint density at radius 1 is 1.24 bits per heavy atom. The summed E-state index contributed by atoms with van der Waals surface area (Å²) in [6, 6.07) is 5.27. The van der Waals surface area contributed by atoms with Crippen molar-refractivity contribution in [2.24, 2.45) is 0 Å². The first-order chi connectivity index (χ1) is 10.1. The van der Waals surface area contributed by atoms with Crippen molar-refractivity contribution in [1.29, 1.82) is 0 Å². The maximum atomic E-state index is 11.0. The third-order valence-electron chi connectivity index (χ3n) is 2.53. The normalized spacial score (nSPS) is 10.2. The summed E-state index contributed by atoms with van der Waals surface area (Å²) in [4.78, 5) is 21.8. The third kappa shape index (κ3) is 5.99. The standard InChI is InChI=1S/C15H19NO5/c1-11(17)16-8-9-21-13-6-4-12(10-14(13)19-2)5-7-15(18)20-3/h4-7,10H,8-9H2,1-3H3,(H,16,17)/b7-5+. The first kappa shape index (κ1) is 16.6. The van der Waals surface area contributed by atoms with E-state index in [-0.39, 0.29) is 5.91 Å². The number of methoxy groups -OCH3 is 2. The van der Waals surface area contributed by atoms with Gasteiger partial charge in [-0.1, -0.05) is 6.07 Å². The van der Waals surface area contributed by atoms with Crippen LogP contribution >= 0.6 is 0 Å². The lowest BCUT2D eigenvalue weighted by molar-refractivity contribution is -0.134. The van der Waals surface area contributed by atoms with Crippen LogP contribution in [0.4, 0.5) is 0 Å². The molecule has 0 atom stereocenters. The molecule has 0 bridgehead atoms. The Labute approximate surface area is 123 Å². The van der Waals surface area contributed by atoms with Gasteiger partial charge in [-0.05, 0) is 23.8 Å². The molecule has 114 valence electrons. The van der Waals surface area contributed by atoms with Gasteiger partial charge < -0.3 is 19.5 Å². The number of rotatable bonds is 7. The Kier molecular flexibility index (Phi) is 6.80. The van der Waals surface area contributed by atoms with E-state index in [9.17, 15) is 9.59 Å². The first-order valence-corrected chi connectivity index (χ1v) is 6.38. The molecule has 0 unspecified atom stereocenters. The fourth-order valence-electron chi connectivity index (χ4n) is 1.53. The van der Waals surface area contributed by atoms with Crippen molar-refractivity contribution in [2.75, 3.05) is 27.4 Å². The zero-order valence-corrected chi connectivity index (χ0v) is 12.3. The quantitative estimate of drug-likeness (QED) is 0.467. The second-order valence-corrected chi connectivity index (χ2v) is 4.10. The summed E-state index contributed by atoms with van der Waals surface area (Å²) < 4.78 is 15.3. The van der Waals surface area contributed by atoms with Crippen LogP contribution in [0.2, 0.25) is 0 Å². The monoisotopic (exact) mass is 293 g/mol.